The van der Waals surface area contributed by atoms with E-state index in [1.165, 1.54) is 22.6 Å². The molecule has 0 fully saturated rings. The van der Waals surface area contributed by atoms with Crippen LogP contribution >= 0.6 is 22.7 Å². The van der Waals surface area contributed by atoms with Gasteiger partial charge in [0.1, 0.15) is 4.83 Å². The van der Waals surface area contributed by atoms with Crippen molar-refractivity contribution >= 4 is 38.8 Å². The normalized spacial score (nSPS) is 17.2. The zero-order chi connectivity index (χ0) is 21.3. The molecule has 0 bridgehead atoms. The highest BCUT2D eigenvalue weighted by Gasteiger charge is 2.29. The Bertz CT molecular complexity index is 1110. The Balaban J connectivity index is 1.57. The number of carbonyl (C=O) groups excluding carboxylic acids is 1. The monoisotopic (exact) mass is 439 g/mol. The molecule has 0 aliphatic heterocycles. The Morgan fingerprint density at radius 3 is 2.97 bits per heavy atom. The number of nitrogens with zero attached hydrogens (tertiary/aromatic N) is 4. The third-order valence-corrected chi connectivity index (χ3v) is 7.64. The van der Waals surface area contributed by atoms with Crippen LogP contribution in [0.15, 0.2) is 34.1 Å². The van der Waals surface area contributed by atoms with Crippen LogP contribution in [0, 0.1) is 11.3 Å². The number of aryl methyl sites for hydroxylation is 1. The van der Waals surface area contributed by atoms with Crippen molar-refractivity contribution in [3.05, 3.63) is 61.1 Å². The molecule has 30 heavy (non-hydrogen) atoms. The molecule has 1 N–H and O–H groups in total. The number of aromatic nitrogens is 1. The fourth-order valence-electron chi connectivity index (χ4n) is 4.03. The van der Waals surface area contributed by atoms with E-state index in [2.05, 4.69) is 42.2 Å². The van der Waals surface area contributed by atoms with Gasteiger partial charge >= 0.3 is 0 Å². The second kappa shape index (κ2) is 8.38. The number of hydrogen-bond donors (Lipinski definition) is 1. The maximum absolute atomic E-state index is 12.9. The third kappa shape index (κ3) is 4.36. The molecule has 0 saturated carbocycles. The highest BCUT2D eigenvalue weighted by atomic mass is 32.1. The number of hydrogen-bond acceptors (Lipinski definition) is 5. The van der Waals surface area contributed by atoms with Crippen LogP contribution in [-0.2, 0) is 12.8 Å². The number of azide groups is 1. The van der Waals surface area contributed by atoms with Gasteiger partial charge in [0.05, 0.1) is 17.5 Å². The van der Waals surface area contributed by atoms with Crippen molar-refractivity contribution in [2.45, 2.75) is 46.1 Å². The van der Waals surface area contributed by atoms with Gasteiger partial charge in [-0.3, -0.25) is 4.79 Å². The second-order valence-electron chi connectivity index (χ2n) is 8.90. The molecule has 2 atom stereocenters. The molecule has 8 heteroatoms. The first-order valence-electron chi connectivity index (χ1n) is 10.1. The summed E-state index contributed by atoms with van der Waals surface area (Å²) in [6.07, 6.45) is 3.21. The number of carbonyl (C=O) groups is 1. The van der Waals surface area contributed by atoms with E-state index in [9.17, 15) is 4.79 Å². The predicted octanol–water partition coefficient (Wildman–Crippen LogP) is 6.29. The second-order valence-corrected chi connectivity index (χ2v) is 10.7. The molecule has 6 nitrogen and oxygen atoms in total. The quantitative estimate of drug-likeness (QED) is 0.287. The predicted molar refractivity (Wildman–Crippen MR) is 123 cm³/mol. The van der Waals surface area contributed by atoms with Crippen LogP contribution in [0.5, 0.6) is 0 Å². The SMILES string of the molecule is CC(C)(C)C1CCc2nc3sc(C(=O)N[C@H](CN=[N+]=[N-])c4ccsc4)cc3cc2C1. The van der Waals surface area contributed by atoms with E-state index in [1.807, 2.05) is 22.9 Å². The largest absolute Gasteiger partial charge is 0.344 e. The Hall–Kier alpha value is -2.41. The maximum atomic E-state index is 12.9. The Morgan fingerprint density at radius 2 is 2.27 bits per heavy atom. The summed E-state index contributed by atoms with van der Waals surface area (Å²) in [5.41, 5.74) is 12.4. The highest BCUT2D eigenvalue weighted by Crippen LogP contribution is 2.38. The van der Waals surface area contributed by atoms with Gasteiger partial charge < -0.3 is 5.32 Å². The number of pyridine rings is 1. The fourth-order valence-corrected chi connectivity index (χ4v) is 5.68. The molecule has 0 radical (unpaired) electrons. The molecular weight excluding hydrogens is 414 g/mol. The minimum atomic E-state index is -0.335. The third-order valence-electron chi connectivity index (χ3n) is 5.90. The first kappa shape index (κ1) is 20.8. The van der Waals surface area contributed by atoms with Crippen LogP contribution in [0.4, 0.5) is 0 Å². The first-order valence-corrected chi connectivity index (χ1v) is 11.9. The molecular formula is C22H25N5OS2. The van der Waals surface area contributed by atoms with Gasteiger partial charge in [0, 0.05) is 16.0 Å². The van der Waals surface area contributed by atoms with Gasteiger partial charge in [-0.2, -0.15) is 11.3 Å². The molecule has 0 spiro atoms. The molecule has 4 rings (SSSR count). The van der Waals surface area contributed by atoms with E-state index in [0.29, 0.717) is 10.8 Å². The summed E-state index contributed by atoms with van der Waals surface area (Å²) in [5, 5.41) is 11.6. The standard InChI is InChI=1S/C22H25N5OS2/c1-22(2,3)16-4-5-17-14(9-16)8-15-10-19(30-21(15)26-17)20(28)25-18(11-24-27-23)13-6-7-29-12-13/h6-8,10,12,16,18H,4-5,9,11H2,1-3H3,(H,25,28)/t16?,18-/m1/s1. The Labute approximate surface area is 184 Å². The fraction of sp³-hybridized carbons (Fsp3) is 0.455. The number of fused-ring (bicyclic) bond motifs is 2. The first-order chi connectivity index (χ1) is 14.3. The van der Waals surface area contributed by atoms with Gasteiger partial charge in [-0.05, 0) is 76.2 Å². The van der Waals surface area contributed by atoms with Crippen molar-refractivity contribution in [2.75, 3.05) is 6.54 Å². The Kier molecular flexibility index (Phi) is 5.82. The van der Waals surface area contributed by atoms with E-state index in [0.717, 1.165) is 35.0 Å². The van der Waals surface area contributed by atoms with Crippen molar-refractivity contribution in [1.82, 2.24) is 10.3 Å². The van der Waals surface area contributed by atoms with Crippen molar-refractivity contribution < 1.29 is 4.79 Å². The minimum absolute atomic E-state index is 0.159. The van der Waals surface area contributed by atoms with E-state index >= 15 is 0 Å². The van der Waals surface area contributed by atoms with Crippen LogP contribution in [-0.4, -0.2) is 17.4 Å². The molecule has 3 heterocycles. The van der Waals surface area contributed by atoms with Gasteiger partial charge in [0.2, 0.25) is 0 Å². The lowest BCUT2D eigenvalue weighted by Crippen LogP contribution is -2.29. The van der Waals surface area contributed by atoms with Gasteiger partial charge in [-0.25, -0.2) is 4.98 Å². The molecule has 0 aromatic carbocycles. The van der Waals surface area contributed by atoms with Crippen molar-refractivity contribution in [3.63, 3.8) is 0 Å². The van der Waals surface area contributed by atoms with Crippen LogP contribution in [0.2, 0.25) is 0 Å². The lowest BCUT2D eigenvalue weighted by atomic mass is 9.71. The maximum Gasteiger partial charge on any atom is 0.261 e. The van der Waals surface area contributed by atoms with Crippen LogP contribution in [0.3, 0.4) is 0 Å². The van der Waals surface area contributed by atoms with Gasteiger partial charge in [-0.15, -0.1) is 11.3 Å². The summed E-state index contributed by atoms with van der Waals surface area (Å²) in [7, 11) is 0. The minimum Gasteiger partial charge on any atom is -0.344 e. The lowest BCUT2D eigenvalue weighted by molar-refractivity contribution is 0.0942. The molecule has 1 unspecified atom stereocenters. The number of rotatable bonds is 5. The average molecular weight is 440 g/mol. The van der Waals surface area contributed by atoms with E-state index in [1.54, 1.807) is 11.3 Å². The molecule has 1 amide bonds. The molecule has 1 aliphatic carbocycles. The summed E-state index contributed by atoms with van der Waals surface area (Å²) in [6, 6.07) is 5.76. The van der Waals surface area contributed by atoms with Crippen LogP contribution < -0.4 is 5.32 Å². The van der Waals surface area contributed by atoms with Crippen molar-refractivity contribution in [3.8, 4) is 0 Å². The van der Waals surface area contributed by atoms with Gasteiger partial charge in [0.25, 0.3) is 5.91 Å². The molecule has 3 aromatic heterocycles. The number of thiophene rings is 2. The average Bonchev–Trinajstić information content (AvgIpc) is 3.37. The molecule has 0 saturated heterocycles. The number of amides is 1. The summed E-state index contributed by atoms with van der Waals surface area (Å²) >= 11 is 2.97. The van der Waals surface area contributed by atoms with Crippen LogP contribution in [0.25, 0.3) is 20.7 Å². The van der Waals surface area contributed by atoms with Crippen LogP contribution in [0.1, 0.15) is 59.7 Å². The van der Waals surface area contributed by atoms with Gasteiger partial charge in [-0.1, -0.05) is 25.9 Å². The van der Waals surface area contributed by atoms with Gasteiger partial charge in [0.15, 0.2) is 0 Å². The summed E-state index contributed by atoms with van der Waals surface area (Å²) in [6.45, 7) is 7.11. The zero-order valence-corrected chi connectivity index (χ0v) is 19.0. The van der Waals surface area contributed by atoms with E-state index in [4.69, 9.17) is 10.5 Å². The topological polar surface area (TPSA) is 90.8 Å². The van der Waals surface area contributed by atoms with Crippen molar-refractivity contribution in [2.24, 2.45) is 16.4 Å². The molecule has 1 aliphatic rings. The zero-order valence-electron chi connectivity index (χ0n) is 17.4. The highest BCUT2D eigenvalue weighted by molar-refractivity contribution is 7.20. The Morgan fingerprint density at radius 1 is 1.43 bits per heavy atom. The summed E-state index contributed by atoms with van der Waals surface area (Å²) < 4.78 is 0. The van der Waals surface area contributed by atoms with E-state index in [-0.39, 0.29) is 23.9 Å². The van der Waals surface area contributed by atoms with Crippen molar-refractivity contribution in [1.29, 1.82) is 0 Å². The molecule has 156 valence electrons. The summed E-state index contributed by atoms with van der Waals surface area (Å²) in [5.74, 6) is 0.491. The van der Waals surface area contributed by atoms with E-state index < -0.39 is 0 Å². The summed E-state index contributed by atoms with van der Waals surface area (Å²) in [4.78, 5) is 22.2. The number of nitrogens with one attached hydrogen (secondary N) is 1. The smallest absolute Gasteiger partial charge is 0.261 e. The lowest BCUT2D eigenvalue weighted by Gasteiger charge is -2.34. The molecule has 3 aromatic rings.